The maximum absolute atomic E-state index is 11.5. The van der Waals surface area contributed by atoms with Crippen molar-refractivity contribution in [3.05, 3.63) is 0 Å². The lowest BCUT2D eigenvalue weighted by molar-refractivity contribution is -0.128. The summed E-state index contributed by atoms with van der Waals surface area (Å²) < 4.78 is 0. The maximum Gasteiger partial charge on any atom is 0.236 e. The van der Waals surface area contributed by atoms with Gasteiger partial charge in [0, 0.05) is 20.1 Å². The number of hydrogen-bond acceptors (Lipinski definition) is 2. The van der Waals surface area contributed by atoms with E-state index in [2.05, 4.69) is 5.32 Å². The van der Waals surface area contributed by atoms with Crippen molar-refractivity contribution in [1.29, 1.82) is 0 Å². The molecule has 3 nitrogen and oxygen atoms in total. The lowest BCUT2D eigenvalue weighted by Crippen LogP contribution is -2.55. The van der Waals surface area contributed by atoms with Gasteiger partial charge < -0.3 is 10.2 Å². The van der Waals surface area contributed by atoms with Gasteiger partial charge in [0.15, 0.2) is 0 Å². The van der Waals surface area contributed by atoms with Crippen LogP contribution in [0.4, 0.5) is 0 Å². The Kier molecular flexibility index (Phi) is 3.53. The summed E-state index contributed by atoms with van der Waals surface area (Å²) in [4.78, 5) is 13.2. The SMILES string of the molecule is CN(C)C(=O)CNC1CCC12CCCCC2. The van der Waals surface area contributed by atoms with Crippen molar-refractivity contribution in [2.75, 3.05) is 20.6 Å². The summed E-state index contributed by atoms with van der Waals surface area (Å²) in [5, 5.41) is 3.47. The van der Waals surface area contributed by atoms with Gasteiger partial charge in [0.2, 0.25) is 5.91 Å². The van der Waals surface area contributed by atoms with Gasteiger partial charge in [-0.25, -0.2) is 0 Å². The molecule has 2 aliphatic carbocycles. The first kappa shape index (κ1) is 11.9. The summed E-state index contributed by atoms with van der Waals surface area (Å²) >= 11 is 0. The van der Waals surface area contributed by atoms with E-state index in [0.29, 0.717) is 18.0 Å². The van der Waals surface area contributed by atoms with Gasteiger partial charge in [-0.15, -0.1) is 0 Å². The van der Waals surface area contributed by atoms with Crippen LogP contribution < -0.4 is 5.32 Å². The summed E-state index contributed by atoms with van der Waals surface area (Å²) in [7, 11) is 3.64. The monoisotopic (exact) mass is 224 g/mol. The summed E-state index contributed by atoms with van der Waals surface area (Å²) in [6.45, 7) is 0.513. The van der Waals surface area contributed by atoms with Crippen LogP contribution in [0.1, 0.15) is 44.9 Å². The van der Waals surface area contributed by atoms with Gasteiger partial charge >= 0.3 is 0 Å². The Bertz CT molecular complexity index is 257. The molecule has 0 aliphatic heterocycles. The standard InChI is InChI=1S/C13H24N2O/c1-15(2)12(16)10-14-11-6-9-13(11)7-4-3-5-8-13/h11,14H,3-10H2,1-2H3. The third kappa shape index (κ3) is 2.24. The zero-order valence-electron chi connectivity index (χ0n) is 10.6. The van der Waals surface area contributed by atoms with Crippen molar-refractivity contribution >= 4 is 5.91 Å². The molecule has 0 aromatic carbocycles. The topological polar surface area (TPSA) is 32.3 Å². The number of amides is 1. The van der Waals surface area contributed by atoms with Gasteiger partial charge in [-0.3, -0.25) is 4.79 Å². The van der Waals surface area contributed by atoms with E-state index in [1.54, 1.807) is 4.90 Å². The third-order valence-electron chi connectivity index (χ3n) is 4.52. The molecule has 1 N–H and O–H groups in total. The highest BCUT2D eigenvalue weighted by Crippen LogP contribution is 2.51. The van der Waals surface area contributed by atoms with E-state index >= 15 is 0 Å². The minimum atomic E-state index is 0.192. The van der Waals surface area contributed by atoms with E-state index in [4.69, 9.17) is 0 Å². The first-order valence-corrected chi connectivity index (χ1v) is 6.58. The molecule has 1 unspecified atom stereocenters. The first-order chi connectivity index (χ1) is 7.64. The van der Waals surface area contributed by atoms with Crippen molar-refractivity contribution in [2.24, 2.45) is 5.41 Å². The molecule has 2 aliphatic rings. The molecule has 1 atom stereocenters. The second-order valence-electron chi connectivity index (χ2n) is 5.68. The van der Waals surface area contributed by atoms with Gasteiger partial charge in [-0.05, 0) is 31.1 Å². The molecular formula is C13H24N2O. The van der Waals surface area contributed by atoms with Crippen LogP contribution in [-0.4, -0.2) is 37.5 Å². The molecule has 0 radical (unpaired) electrons. The zero-order valence-corrected chi connectivity index (χ0v) is 10.6. The number of nitrogens with one attached hydrogen (secondary N) is 1. The Labute approximate surface area is 98.6 Å². The fourth-order valence-corrected chi connectivity index (χ4v) is 3.24. The summed E-state index contributed by atoms with van der Waals surface area (Å²) in [6.07, 6.45) is 9.58. The molecule has 2 rings (SSSR count). The highest BCUT2D eigenvalue weighted by molar-refractivity contribution is 5.77. The number of rotatable bonds is 3. The van der Waals surface area contributed by atoms with E-state index in [9.17, 15) is 4.79 Å². The number of carbonyl (C=O) groups excluding carboxylic acids is 1. The van der Waals surface area contributed by atoms with E-state index in [0.717, 1.165) is 0 Å². The minimum Gasteiger partial charge on any atom is -0.348 e. The largest absolute Gasteiger partial charge is 0.348 e. The Balaban J connectivity index is 1.80. The van der Waals surface area contributed by atoms with E-state index in [1.165, 1.54) is 44.9 Å². The second-order valence-corrected chi connectivity index (χ2v) is 5.68. The minimum absolute atomic E-state index is 0.192. The maximum atomic E-state index is 11.5. The quantitative estimate of drug-likeness (QED) is 0.792. The number of nitrogens with zero attached hydrogens (tertiary/aromatic N) is 1. The van der Waals surface area contributed by atoms with Crippen LogP contribution >= 0.6 is 0 Å². The summed E-state index contributed by atoms with van der Waals surface area (Å²) in [5.74, 6) is 0.192. The van der Waals surface area contributed by atoms with E-state index in [-0.39, 0.29) is 5.91 Å². The van der Waals surface area contributed by atoms with Crippen molar-refractivity contribution in [1.82, 2.24) is 10.2 Å². The fraction of sp³-hybridized carbons (Fsp3) is 0.923. The zero-order chi connectivity index (χ0) is 11.6. The summed E-state index contributed by atoms with van der Waals surface area (Å²) in [6, 6.07) is 0.608. The molecular weight excluding hydrogens is 200 g/mol. The molecule has 0 heterocycles. The lowest BCUT2D eigenvalue weighted by Gasteiger charge is -2.52. The number of hydrogen-bond donors (Lipinski definition) is 1. The molecule has 0 bridgehead atoms. The first-order valence-electron chi connectivity index (χ1n) is 6.58. The fourth-order valence-electron chi connectivity index (χ4n) is 3.24. The molecule has 1 amide bonds. The van der Waals surface area contributed by atoms with Gasteiger partial charge in [-0.2, -0.15) is 0 Å². The Hall–Kier alpha value is -0.570. The molecule has 16 heavy (non-hydrogen) atoms. The molecule has 0 aromatic heterocycles. The van der Waals surface area contributed by atoms with Crippen molar-refractivity contribution < 1.29 is 4.79 Å². The molecule has 0 saturated heterocycles. The Morgan fingerprint density at radius 3 is 2.44 bits per heavy atom. The lowest BCUT2D eigenvalue weighted by atomic mass is 9.57. The highest BCUT2D eigenvalue weighted by atomic mass is 16.2. The highest BCUT2D eigenvalue weighted by Gasteiger charge is 2.46. The average molecular weight is 224 g/mol. The van der Waals surface area contributed by atoms with Crippen LogP contribution in [0.2, 0.25) is 0 Å². The molecule has 1 spiro atoms. The predicted octanol–water partition coefficient (Wildman–Crippen LogP) is 1.78. The molecule has 0 aromatic rings. The number of carbonyl (C=O) groups is 1. The van der Waals surface area contributed by atoms with E-state index in [1.807, 2.05) is 14.1 Å². The van der Waals surface area contributed by atoms with Crippen molar-refractivity contribution in [2.45, 2.75) is 51.0 Å². The van der Waals surface area contributed by atoms with Gasteiger partial charge in [-0.1, -0.05) is 19.3 Å². The number of likely N-dealkylation sites (N-methyl/N-ethyl adjacent to an activating group) is 1. The van der Waals surface area contributed by atoms with Crippen LogP contribution in [0.25, 0.3) is 0 Å². The Morgan fingerprint density at radius 1 is 1.25 bits per heavy atom. The third-order valence-corrected chi connectivity index (χ3v) is 4.52. The second kappa shape index (κ2) is 4.74. The molecule has 92 valence electrons. The molecule has 2 saturated carbocycles. The van der Waals surface area contributed by atoms with Crippen molar-refractivity contribution in [3.63, 3.8) is 0 Å². The van der Waals surface area contributed by atoms with E-state index < -0.39 is 0 Å². The van der Waals surface area contributed by atoms with Crippen LogP contribution in [0.3, 0.4) is 0 Å². The smallest absolute Gasteiger partial charge is 0.236 e. The van der Waals surface area contributed by atoms with Crippen LogP contribution in [0.5, 0.6) is 0 Å². The summed E-state index contributed by atoms with van der Waals surface area (Å²) in [5.41, 5.74) is 0.560. The van der Waals surface area contributed by atoms with Gasteiger partial charge in [0.25, 0.3) is 0 Å². The predicted molar refractivity (Wildman–Crippen MR) is 65.2 cm³/mol. The van der Waals surface area contributed by atoms with Gasteiger partial charge in [0.05, 0.1) is 6.54 Å². The van der Waals surface area contributed by atoms with Crippen LogP contribution in [-0.2, 0) is 4.79 Å². The van der Waals surface area contributed by atoms with Gasteiger partial charge in [0.1, 0.15) is 0 Å². The van der Waals surface area contributed by atoms with Crippen LogP contribution in [0.15, 0.2) is 0 Å². The average Bonchev–Trinajstić information content (AvgIpc) is 2.28. The van der Waals surface area contributed by atoms with Crippen molar-refractivity contribution in [3.8, 4) is 0 Å². The normalized spacial score (nSPS) is 27.5. The molecule has 2 fully saturated rings. The Morgan fingerprint density at radius 2 is 1.94 bits per heavy atom. The van der Waals surface area contributed by atoms with Crippen LogP contribution in [0, 0.1) is 5.41 Å². The molecule has 3 heteroatoms.